The number of hydrogen-bond acceptors (Lipinski definition) is 3. The molecule has 0 N–H and O–H groups in total. The number of alkyl halides is 1. The van der Waals surface area contributed by atoms with Gasteiger partial charge in [-0.3, -0.25) is 9.67 Å². The molecule has 0 aliphatic heterocycles. The van der Waals surface area contributed by atoms with E-state index in [1.807, 2.05) is 18.2 Å². The normalized spacial score (nSPS) is 15.7. The van der Waals surface area contributed by atoms with Gasteiger partial charge in [0.25, 0.3) is 0 Å². The van der Waals surface area contributed by atoms with Gasteiger partial charge >= 0.3 is 0 Å². The number of rotatable bonds is 5. The van der Waals surface area contributed by atoms with Crippen LogP contribution in [0, 0.1) is 0 Å². The summed E-state index contributed by atoms with van der Waals surface area (Å²) in [5.74, 6) is 1.17. The number of pyridine rings is 1. The van der Waals surface area contributed by atoms with Crippen LogP contribution in [-0.2, 0) is 12.5 Å². The molecule has 1 saturated carbocycles. The van der Waals surface area contributed by atoms with E-state index in [4.69, 9.17) is 16.3 Å². The lowest BCUT2D eigenvalue weighted by Gasteiger charge is -2.09. The summed E-state index contributed by atoms with van der Waals surface area (Å²) in [6, 6.07) is 6.37. The molecule has 3 rings (SSSR count). The molecule has 4 nitrogen and oxygen atoms in total. The van der Waals surface area contributed by atoms with Crippen molar-refractivity contribution >= 4 is 11.6 Å². The largest absolute Gasteiger partial charge is 0.486 e. The second-order valence-electron chi connectivity index (χ2n) is 5.13. The second-order valence-corrected chi connectivity index (χ2v) is 5.40. The lowest BCUT2D eigenvalue weighted by atomic mass is 10.3. The Balaban J connectivity index is 1.57. The lowest BCUT2D eigenvalue weighted by Crippen LogP contribution is -2.06. The van der Waals surface area contributed by atoms with Gasteiger partial charge in [0.2, 0.25) is 0 Å². The maximum Gasteiger partial charge on any atom is 0.138 e. The summed E-state index contributed by atoms with van der Waals surface area (Å²) in [7, 11) is 0. The zero-order valence-electron chi connectivity index (χ0n) is 11.3. The Morgan fingerprint density at radius 3 is 2.75 bits per heavy atom. The van der Waals surface area contributed by atoms with Gasteiger partial charge in [-0.1, -0.05) is 12.8 Å². The summed E-state index contributed by atoms with van der Waals surface area (Å²) in [5, 5.41) is 4.59. The summed E-state index contributed by atoms with van der Waals surface area (Å²) in [5.41, 5.74) is 1.81. The Morgan fingerprint density at radius 1 is 1.20 bits per heavy atom. The van der Waals surface area contributed by atoms with Crippen LogP contribution in [0.5, 0.6) is 5.75 Å². The van der Waals surface area contributed by atoms with Gasteiger partial charge in [0.1, 0.15) is 12.4 Å². The first-order valence-corrected chi connectivity index (χ1v) is 7.56. The van der Waals surface area contributed by atoms with Crippen LogP contribution in [0.15, 0.2) is 30.6 Å². The van der Waals surface area contributed by atoms with Crippen LogP contribution in [-0.4, -0.2) is 14.8 Å². The average Bonchev–Trinajstić information content (AvgIpc) is 3.16. The van der Waals surface area contributed by atoms with Gasteiger partial charge in [-0.25, -0.2) is 0 Å². The van der Waals surface area contributed by atoms with Gasteiger partial charge in [-0.05, 0) is 31.0 Å². The number of aromatic nitrogens is 3. The van der Waals surface area contributed by atoms with Crippen molar-refractivity contribution in [2.45, 2.75) is 44.2 Å². The van der Waals surface area contributed by atoms with Crippen molar-refractivity contribution in [2.24, 2.45) is 0 Å². The Kier molecular flexibility index (Phi) is 4.21. The molecule has 0 radical (unpaired) electrons. The second kappa shape index (κ2) is 6.27. The Bertz CT molecular complexity index is 547. The molecule has 1 fully saturated rings. The Hall–Kier alpha value is -1.55. The monoisotopic (exact) mass is 291 g/mol. The predicted octanol–water partition coefficient (Wildman–Crippen LogP) is 3.71. The molecule has 2 heterocycles. The summed E-state index contributed by atoms with van der Waals surface area (Å²) < 4.78 is 7.77. The first kappa shape index (κ1) is 13.4. The summed E-state index contributed by atoms with van der Waals surface area (Å²) in [4.78, 5) is 4.20. The minimum Gasteiger partial charge on any atom is -0.486 e. The number of ether oxygens (including phenoxy) is 1. The van der Waals surface area contributed by atoms with Crippen LogP contribution in [0.1, 0.15) is 43.1 Å². The predicted molar refractivity (Wildman–Crippen MR) is 77.9 cm³/mol. The molecule has 0 spiro atoms. The third-order valence-electron chi connectivity index (χ3n) is 3.68. The molecule has 106 valence electrons. The van der Waals surface area contributed by atoms with E-state index in [1.165, 1.54) is 25.7 Å². The number of hydrogen-bond donors (Lipinski definition) is 0. The zero-order chi connectivity index (χ0) is 13.8. The third-order valence-corrected chi connectivity index (χ3v) is 3.96. The van der Waals surface area contributed by atoms with Gasteiger partial charge in [0, 0.05) is 6.20 Å². The van der Waals surface area contributed by atoms with Crippen LogP contribution in [0.4, 0.5) is 0 Å². The molecule has 2 aromatic heterocycles. The molecule has 0 bridgehead atoms. The van der Waals surface area contributed by atoms with Crippen molar-refractivity contribution in [3.05, 3.63) is 42.0 Å². The number of halogens is 1. The van der Waals surface area contributed by atoms with Crippen molar-refractivity contribution in [2.75, 3.05) is 0 Å². The van der Waals surface area contributed by atoms with Gasteiger partial charge in [0.05, 0.1) is 29.5 Å². The van der Waals surface area contributed by atoms with Gasteiger partial charge in [-0.2, -0.15) is 5.10 Å². The SMILES string of the molecule is ClCc1ccc(OCc2ccn(C3CCCC3)n2)cn1. The van der Waals surface area contributed by atoms with Crippen molar-refractivity contribution in [1.82, 2.24) is 14.8 Å². The molecule has 0 amide bonds. The number of nitrogens with zero attached hydrogens (tertiary/aromatic N) is 3. The third kappa shape index (κ3) is 3.12. The van der Waals surface area contributed by atoms with Crippen LogP contribution in [0.3, 0.4) is 0 Å². The van der Waals surface area contributed by atoms with Gasteiger partial charge in [0.15, 0.2) is 0 Å². The van der Waals surface area contributed by atoms with Crippen LogP contribution in [0.25, 0.3) is 0 Å². The van der Waals surface area contributed by atoms with Crippen LogP contribution in [0.2, 0.25) is 0 Å². The fourth-order valence-electron chi connectivity index (χ4n) is 2.56. The Morgan fingerprint density at radius 2 is 2.05 bits per heavy atom. The highest BCUT2D eigenvalue weighted by atomic mass is 35.5. The highest BCUT2D eigenvalue weighted by molar-refractivity contribution is 6.16. The van der Waals surface area contributed by atoms with E-state index in [1.54, 1.807) is 6.20 Å². The van der Waals surface area contributed by atoms with Crippen molar-refractivity contribution < 1.29 is 4.74 Å². The first-order valence-electron chi connectivity index (χ1n) is 7.03. The molecule has 0 atom stereocenters. The van der Waals surface area contributed by atoms with Crippen molar-refractivity contribution in [3.63, 3.8) is 0 Å². The van der Waals surface area contributed by atoms with E-state index in [2.05, 4.69) is 21.0 Å². The topological polar surface area (TPSA) is 39.9 Å². The fraction of sp³-hybridized carbons (Fsp3) is 0.467. The molecule has 0 aromatic carbocycles. The maximum absolute atomic E-state index is 5.70. The molecule has 1 aliphatic rings. The van der Waals surface area contributed by atoms with E-state index in [0.717, 1.165) is 17.1 Å². The smallest absolute Gasteiger partial charge is 0.138 e. The van der Waals surface area contributed by atoms with E-state index in [0.29, 0.717) is 18.5 Å². The molecule has 5 heteroatoms. The summed E-state index contributed by atoms with van der Waals surface area (Å²) in [6.07, 6.45) is 8.87. The highest BCUT2D eigenvalue weighted by Crippen LogP contribution is 2.28. The highest BCUT2D eigenvalue weighted by Gasteiger charge is 2.17. The lowest BCUT2D eigenvalue weighted by molar-refractivity contribution is 0.296. The van der Waals surface area contributed by atoms with E-state index in [-0.39, 0.29) is 0 Å². The van der Waals surface area contributed by atoms with E-state index < -0.39 is 0 Å². The minimum atomic E-state index is 0.423. The minimum absolute atomic E-state index is 0.423. The first-order chi connectivity index (χ1) is 9.85. The van der Waals surface area contributed by atoms with E-state index >= 15 is 0 Å². The molecule has 20 heavy (non-hydrogen) atoms. The van der Waals surface area contributed by atoms with Gasteiger partial charge < -0.3 is 4.74 Å². The average molecular weight is 292 g/mol. The summed E-state index contributed by atoms with van der Waals surface area (Å²) >= 11 is 5.70. The van der Waals surface area contributed by atoms with Crippen molar-refractivity contribution in [1.29, 1.82) is 0 Å². The standard InChI is InChI=1S/C15H18ClN3O/c16-9-12-5-6-15(10-17-12)20-11-13-7-8-19(18-13)14-3-1-2-4-14/h5-8,10,14H,1-4,9,11H2. The maximum atomic E-state index is 5.70. The Labute approximate surface area is 123 Å². The quantitative estimate of drug-likeness (QED) is 0.788. The van der Waals surface area contributed by atoms with Crippen molar-refractivity contribution in [3.8, 4) is 5.75 Å². The molecule has 1 aliphatic carbocycles. The molecule has 0 saturated heterocycles. The summed E-state index contributed by atoms with van der Waals surface area (Å²) in [6.45, 7) is 0.474. The molecular weight excluding hydrogens is 274 g/mol. The van der Waals surface area contributed by atoms with Gasteiger partial charge in [-0.15, -0.1) is 11.6 Å². The van der Waals surface area contributed by atoms with Crippen LogP contribution >= 0.6 is 11.6 Å². The van der Waals surface area contributed by atoms with Crippen LogP contribution < -0.4 is 4.74 Å². The van der Waals surface area contributed by atoms with E-state index in [9.17, 15) is 0 Å². The molecular formula is C15H18ClN3O. The zero-order valence-corrected chi connectivity index (χ0v) is 12.1. The fourth-order valence-corrected chi connectivity index (χ4v) is 2.72. The molecule has 2 aromatic rings. The molecule has 0 unspecified atom stereocenters.